The molecule has 0 aliphatic carbocycles. The number of alkyl halides is 1. The van der Waals surface area contributed by atoms with E-state index in [0.29, 0.717) is 17.5 Å². The van der Waals surface area contributed by atoms with Crippen LogP contribution in [-0.4, -0.2) is 23.3 Å². The molecular formula is C13H16Cl2N2O. The van der Waals surface area contributed by atoms with Gasteiger partial charge in [-0.15, -0.1) is 11.6 Å². The zero-order valence-corrected chi connectivity index (χ0v) is 12.2. The quantitative estimate of drug-likeness (QED) is 0.799. The van der Waals surface area contributed by atoms with Crippen LogP contribution >= 0.6 is 23.2 Å². The maximum absolute atomic E-state index is 6.29. The van der Waals surface area contributed by atoms with Gasteiger partial charge in [0.05, 0.1) is 34.1 Å². The SMILES string of the molecule is COCC(C)(C)n1c(CCl)nc2cccc(Cl)c21. The van der Waals surface area contributed by atoms with Gasteiger partial charge < -0.3 is 9.30 Å². The van der Waals surface area contributed by atoms with Crippen molar-refractivity contribution in [1.29, 1.82) is 0 Å². The monoisotopic (exact) mass is 286 g/mol. The van der Waals surface area contributed by atoms with E-state index in [-0.39, 0.29) is 5.54 Å². The summed E-state index contributed by atoms with van der Waals surface area (Å²) in [5.74, 6) is 1.15. The van der Waals surface area contributed by atoms with Gasteiger partial charge in [-0.1, -0.05) is 17.7 Å². The van der Waals surface area contributed by atoms with E-state index in [9.17, 15) is 0 Å². The maximum Gasteiger partial charge on any atom is 0.125 e. The Labute approximate surface area is 117 Å². The Morgan fingerprint density at radius 1 is 1.39 bits per heavy atom. The summed E-state index contributed by atoms with van der Waals surface area (Å²) in [5, 5.41) is 0.681. The molecule has 0 unspecified atom stereocenters. The van der Waals surface area contributed by atoms with Crippen LogP contribution in [-0.2, 0) is 16.2 Å². The van der Waals surface area contributed by atoms with Crippen molar-refractivity contribution < 1.29 is 4.74 Å². The van der Waals surface area contributed by atoms with Crippen LogP contribution in [0.3, 0.4) is 0 Å². The standard InChI is InChI=1S/C13H16Cl2N2O/c1-13(2,8-18-3)17-11(7-14)16-10-6-4-5-9(15)12(10)17/h4-6H,7-8H2,1-3H3. The predicted octanol–water partition coefficient (Wildman–Crippen LogP) is 3.81. The van der Waals surface area contributed by atoms with Gasteiger partial charge in [-0.3, -0.25) is 0 Å². The molecule has 0 spiro atoms. The third-order valence-electron chi connectivity index (χ3n) is 2.92. The van der Waals surface area contributed by atoms with Crippen LogP contribution in [0.4, 0.5) is 0 Å². The van der Waals surface area contributed by atoms with Crippen molar-refractivity contribution in [1.82, 2.24) is 9.55 Å². The van der Waals surface area contributed by atoms with Gasteiger partial charge in [0.15, 0.2) is 0 Å². The highest BCUT2D eigenvalue weighted by Crippen LogP contribution is 2.31. The molecular weight excluding hydrogens is 271 g/mol. The Morgan fingerprint density at radius 3 is 2.72 bits per heavy atom. The molecule has 0 amide bonds. The van der Waals surface area contributed by atoms with E-state index in [2.05, 4.69) is 23.4 Å². The second-order valence-electron chi connectivity index (χ2n) is 4.85. The number of rotatable bonds is 4. The van der Waals surface area contributed by atoms with E-state index in [1.807, 2.05) is 18.2 Å². The highest BCUT2D eigenvalue weighted by Gasteiger charge is 2.26. The summed E-state index contributed by atoms with van der Waals surface area (Å²) in [6.07, 6.45) is 0. The first-order valence-electron chi connectivity index (χ1n) is 5.72. The number of nitrogens with zero attached hydrogens (tertiary/aromatic N) is 2. The molecule has 98 valence electrons. The number of methoxy groups -OCH3 is 1. The normalized spacial score (nSPS) is 12.3. The van der Waals surface area contributed by atoms with Crippen LogP contribution in [0.5, 0.6) is 0 Å². The van der Waals surface area contributed by atoms with Gasteiger partial charge in [0.1, 0.15) is 5.82 Å². The topological polar surface area (TPSA) is 27.1 Å². The summed E-state index contributed by atoms with van der Waals surface area (Å²) >= 11 is 12.3. The van der Waals surface area contributed by atoms with Crippen LogP contribution in [0.1, 0.15) is 19.7 Å². The zero-order chi connectivity index (χ0) is 13.3. The van der Waals surface area contributed by atoms with E-state index in [0.717, 1.165) is 16.9 Å². The van der Waals surface area contributed by atoms with Crippen LogP contribution in [0, 0.1) is 0 Å². The molecule has 0 atom stereocenters. The number of para-hydroxylation sites is 1. The van der Waals surface area contributed by atoms with Crippen LogP contribution in [0.2, 0.25) is 5.02 Å². The van der Waals surface area contributed by atoms with Crippen molar-refractivity contribution in [3.05, 3.63) is 29.0 Å². The minimum absolute atomic E-state index is 0.251. The van der Waals surface area contributed by atoms with Crippen molar-refractivity contribution in [2.75, 3.05) is 13.7 Å². The highest BCUT2D eigenvalue weighted by molar-refractivity contribution is 6.35. The molecule has 0 radical (unpaired) electrons. The smallest absolute Gasteiger partial charge is 0.125 e. The van der Waals surface area contributed by atoms with Crippen LogP contribution in [0.15, 0.2) is 18.2 Å². The van der Waals surface area contributed by atoms with E-state index < -0.39 is 0 Å². The molecule has 0 aliphatic heterocycles. The number of aromatic nitrogens is 2. The summed E-state index contributed by atoms with van der Waals surface area (Å²) in [5.41, 5.74) is 1.53. The van der Waals surface area contributed by atoms with Gasteiger partial charge in [-0.2, -0.15) is 0 Å². The van der Waals surface area contributed by atoms with Gasteiger partial charge in [-0.05, 0) is 26.0 Å². The number of benzene rings is 1. The molecule has 3 nitrogen and oxygen atoms in total. The third kappa shape index (κ3) is 2.22. The molecule has 1 heterocycles. The zero-order valence-electron chi connectivity index (χ0n) is 10.7. The summed E-state index contributed by atoms with van der Waals surface area (Å²) < 4.78 is 7.35. The Morgan fingerprint density at radius 2 is 2.11 bits per heavy atom. The Bertz CT molecular complexity index is 563. The van der Waals surface area contributed by atoms with Crippen LogP contribution in [0.25, 0.3) is 11.0 Å². The van der Waals surface area contributed by atoms with Crippen molar-refractivity contribution in [3.8, 4) is 0 Å². The number of hydrogen-bond donors (Lipinski definition) is 0. The number of hydrogen-bond acceptors (Lipinski definition) is 2. The minimum atomic E-state index is -0.251. The molecule has 0 N–H and O–H groups in total. The van der Waals surface area contributed by atoms with Gasteiger partial charge in [0, 0.05) is 7.11 Å². The number of halogens is 2. The Balaban J connectivity index is 2.74. The first-order chi connectivity index (χ1) is 8.51. The van der Waals surface area contributed by atoms with E-state index in [1.165, 1.54) is 0 Å². The lowest BCUT2D eigenvalue weighted by atomic mass is 10.1. The van der Waals surface area contributed by atoms with Crippen molar-refractivity contribution in [2.24, 2.45) is 0 Å². The number of fused-ring (bicyclic) bond motifs is 1. The first kappa shape index (κ1) is 13.7. The van der Waals surface area contributed by atoms with Gasteiger partial charge in [-0.25, -0.2) is 4.98 Å². The molecule has 18 heavy (non-hydrogen) atoms. The van der Waals surface area contributed by atoms with Gasteiger partial charge in [0.2, 0.25) is 0 Å². The van der Waals surface area contributed by atoms with Gasteiger partial charge in [0.25, 0.3) is 0 Å². The molecule has 1 aromatic heterocycles. The fraction of sp³-hybridized carbons (Fsp3) is 0.462. The molecule has 5 heteroatoms. The second kappa shape index (κ2) is 5.08. The summed E-state index contributed by atoms with van der Waals surface area (Å²) in [6.45, 7) is 4.72. The molecule has 0 saturated heterocycles. The maximum atomic E-state index is 6.29. The lowest BCUT2D eigenvalue weighted by Crippen LogP contribution is -2.32. The van der Waals surface area contributed by atoms with Crippen LogP contribution < -0.4 is 0 Å². The summed E-state index contributed by atoms with van der Waals surface area (Å²) in [7, 11) is 1.68. The third-order valence-corrected chi connectivity index (χ3v) is 3.46. The number of imidazole rings is 1. The predicted molar refractivity (Wildman–Crippen MR) is 75.5 cm³/mol. The van der Waals surface area contributed by atoms with E-state index in [1.54, 1.807) is 7.11 Å². The van der Waals surface area contributed by atoms with E-state index >= 15 is 0 Å². The lowest BCUT2D eigenvalue weighted by molar-refractivity contribution is 0.110. The largest absolute Gasteiger partial charge is 0.382 e. The lowest BCUT2D eigenvalue weighted by Gasteiger charge is -2.28. The minimum Gasteiger partial charge on any atom is -0.382 e. The van der Waals surface area contributed by atoms with Crippen molar-refractivity contribution in [3.63, 3.8) is 0 Å². The molecule has 1 aromatic carbocycles. The average Bonchev–Trinajstić information content (AvgIpc) is 2.69. The van der Waals surface area contributed by atoms with Gasteiger partial charge >= 0.3 is 0 Å². The molecule has 0 bridgehead atoms. The first-order valence-corrected chi connectivity index (χ1v) is 6.63. The highest BCUT2D eigenvalue weighted by atomic mass is 35.5. The molecule has 0 saturated carbocycles. The molecule has 0 aliphatic rings. The van der Waals surface area contributed by atoms with E-state index in [4.69, 9.17) is 27.9 Å². The fourth-order valence-electron chi connectivity index (χ4n) is 2.29. The number of ether oxygens (including phenoxy) is 1. The van der Waals surface area contributed by atoms with Crippen molar-refractivity contribution in [2.45, 2.75) is 25.3 Å². The Kier molecular flexibility index (Phi) is 3.85. The Hall–Kier alpha value is -0.770. The molecule has 2 aromatic rings. The second-order valence-corrected chi connectivity index (χ2v) is 5.52. The fourth-order valence-corrected chi connectivity index (χ4v) is 2.73. The molecule has 0 fully saturated rings. The summed E-state index contributed by atoms with van der Waals surface area (Å²) in [6, 6.07) is 5.70. The summed E-state index contributed by atoms with van der Waals surface area (Å²) in [4.78, 5) is 4.53. The molecule has 2 rings (SSSR count). The van der Waals surface area contributed by atoms with Crippen molar-refractivity contribution >= 4 is 34.2 Å². The average molecular weight is 287 g/mol.